The van der Waals surface area contributed by atoms with Crippen LogP contribution >= 0.6 is 0 Å². The van der Waals surface area contributed by atoms with Crippen molar-refractivity contribution in [2.24, 2.45) is 7.05 Å². The van der Waals surface area contributed by atoms with Crippen LogP contribution in [0.2, 0.25) is 0 Å². The normalized spacial score (nSPS) is 11.4. The van der Waals surface area contributed by atoms with Crippen LogP contribution in [0.4, 0.5) is 0 Å². The number of aryl methyl sites for hydroxylation is 2. The van der Waals surface area contributed by atoms with E-state index in [-0.39, 0.29) is 11.3 Å². The van der Waals surface area contributed by atoms with E-state index in [2.05, 4.69) is 20.1 Å². The van der Waals surface area contributed by atoms with Crippen LogP contribution in [-0.2, 0) is 7.05 Å². The molecule has 3 heterocycles. The van der Waals surface area contributed by atoms with E-state index >= 15 is 0 Å². The molecule has 1 aromatic carbocycles. The minimum Gasteiger partial charge on any atom is -0.507 e. The van der Waals surface area contributed by atoms with Crippen molar-refractivity contribution in [3.05, 3.63) is 46.6 Å². The number of hydrogen-bond acceptors (Lipinski definition) is 5. The Morgan fingerprint density at radius 1 is 1.35 bits per heavy atom. The molecule has 4 aromatic rings. The van der Waals surface area contributed by atoms with Gasteiger partial charge < -0.3 is 10.1 Å². The molecule has 7 heteroatoms. The van der Waals surface area contributed by atoms with Gasteiger partial charge in [-0.15, -0.1) is 0 Å². The Morgan fingerprint density at radius 2 is 2.17 bits per heavy atom. The van der Waals surface area contributed by atoms with E-state index in [0.29, 0.717) is 27.9 Å². The van der Waals surface area contributed by atoms with Gasteiger partial charge in [-0.3, -0.25) is 9.48 Å². The Kier molecular flexibility index (Phi) is 2.71. The van der Waals surface area contributed by atoms with Gasteiger partial charge in [0.05, 0.1) is 22.0 Å². The van der Waals surface area contributed by atoms with Gasteiger partial charge in [0, 0.05) is 36.6 Å². The molecule has 3 aromatic heterocycles. The van der Waals surface area contributed by atoms with Gasteiger partial charge in [0.1, 0.15) is 5.75 Å². The number of aromatic hydroxyl groups is 1. The molecular weight excluding hydrogens is 294 g/mol. The Balaban J connectivity index is 2.02. The standard InChI is InChI=1S/C16H13N5O2/c1-8-13-9(7-21(2)20-13)5-10(14(8)22)15-18-6-11-12(19-15)3-4-17-16(11)23/h3-7,22H,1-2H3,(H,17,23). The van der Waals surface area contributed by atoms with Crippen LogP contribution in [0, 0.1) is 6.92 Å². The molecule has 0 saturated heterocycles. The molecule has 0 saturated carbocycles. The van der Waals surface area contributed by atoms with Gasteiger partial charge in [-0.2, -0.15) is 5.10 Å². The minimum atomic E-state index is -0.239. The van der Waals surface area contributed by atoms with E-state index in [0.717, 1.165) is 10.9 Å². The molecule has 23 heavy (non-hydrogen) atoms. The second-order valence-electron chi connectivity index (χ2n) is 5.44. The summed E-state index contributed by atoms with van der Waals surface area (Å²) >= 11 is 0. The second kappa shape index (κ2) is 4.64. The van der Waals surface area contributed by atoms with Gasteiger partial charge in [-0.25, -0.2) is 9.97 Å². The minimum absolute atomic E-state index is 0.0976. The van der Waals surface area contributed by atoms with Crippen molar-refractivity contribution in [3.63, 3.8) is 0 Å². The third-order valence-corrected chi connectivity index (χ3v) is 3.88. The molecule has 0 aliphatic heterocycles. The molecule has 0 atom stereocenters. The Bertz CT molecular complexity index is 1130. The second-order valence-corrected chi connectivity index (χ2v) is 5.44. The van der Waals surface area contributed by atoms with Crippen molar-refractivity contribution < 1.29 is 5.11 Å². The molecule has 114 valence electrons. The van der Waals surface area contributed by atoms with Crippen molar-refractivity contribution in [1.82, 2.24) is 24.7 Å². The maximum Gasteiger partial charge on any atom is 0.258 e. The van der Waals surface area contributed by atoms with Crippen LogP contribution in [0.1, 0.15) is 5.56 Å². The molecule has 0 spiro atoms. The molecule has 0 bridgehead atoms. The first-order valence-electron chi connectivity index (χ1n) is 7.05. The summed E-state index contributed by atoms with van der Waals surface area (Å²) < 4.78 is 1.70. The van der Waals surface area contributed by atoms with Crippen LogP contribution in [0.5, 0.6) is 5.75 Å². The number of pyridine rings is 1. The smallest absolute Gasteiger partial charge is 0.258 e. The van der Waals surface area contributed by atoms with Gasteiger partial charge in [0.25, 0.3) is 5.56 Å². The number of phenolic OH excluding ortho intramolecular Hbond substituents is 1. The number of rotatable bonds is 1. The number of aromatic amines is 1. The lowest BCUT2D eigenvalue weighted by molar-refractivity contribution is 0.473. The Labute approximate surface area is 130 Å². The molecule has 0 amide bonds. The highest BCUT2D eigenvalue weighted by molar-refractivity contribution is 5.90. The van der Waals surface area contributed by atoms with E-state index in [4.69, 9.17) is 0 Å². The average molecular weight is 307 g/mol. The van der Waals surface area contributed by atoms with Gasteiger partial charge >= 0.3 is 0 Å². The fourth-order valence-electron chi connectivity index (χ4n) is 2.71. The number of aromatic nitrogens is 5. The highest BCUT2D eigenvalue weighted by Crippen LogP contribution is 2.35. The summed E-state index contributed by atoms with van der Waals surface area (Å²) in [6.07, 6.45) is 4.88. The van der Waals surface area contributed by atoms with Crippen LogP contribution in [-0.4, -0.2) is 29.8 Å². The summed E-state index contributed by atoms with van der Waals surface area (Å²) in [5.41, 5.74) is 2.23. The molecule has 0 aliphatic rings. The summed E-state index contributed by atoms with van der Waals surface area (Å²) in [4.78, 5) is 23.0. The molecular formula is C16H13N5O2. The zero-order valence-electron chi connectivity index (χ0n) is 12.5. The van der Waals surface area contributed by atoms with E-state index in [1.807, 2.05) is 13.2 Å². The summed E-state index contributed by atoms with van der Waals surface area (Å²) in [6.45, 7) is 1.81. The lowest BCUT2D eigenvalue weighted by Gasteiger charge is -2.07. The highest BCUT2D eigenvalue weighted by atomic mass is 16.3. The van der Waals surface area contributed by atoms with Gasteiger partial charge in [0.2, 0.25) is 0 Å². The van der Waals surface area contributed by atoms with Crippen LogP contribution in [0.25, 0.3) is 33.2 Å². The van der Waals surface area contributed by atoms with Crippen LogP contribution in [0.3, 0.4) is 0 Å². The van der Waals surface area contributed by atoms with E-state index in [1.54, 1.807) is 23.7 Å². The summed E-state index contributed by atoms with van der Waals surface area (Å²) in [6, 6.07) is 3.51. The number of fused-ring (bicyclic) bond motifs is 2. The maximum absolute atomic E-state index is 11.7. The van der Waals surface area contributed by atoms with Gasteiger partial charge in [-0.1, -0.05) is 0 Å². The third-order valence-electron chi connectivity index (χ3n) is 3.88. The topological polar surface area (TPSA) is 96.7 Å². The lowest BCUT2D eigenvalue weighted by Crippen LogP contribution is -2.06. The monoisotopic (exact) mass is 307 g/mol. The SMILES string of the molecule is Cc1c(O)c(-c2ncc3c(=O)[nH]ccc3n2)cc2cn(C)nc12. The zero-order valence-corrected chi connectivity index (χ0v) is 12.5. The average Bonchev–Trinajstić information content (AvgIpc) is 2.91. The van der Waals surface area contributed by atoms with E-state index in [9.17, 15) is 9.90 Å². The quantitative estimate of drug-likeness (QED) is 0.559. The van der Waals surface area contributed by atoms with E-state index < -0.39 is 0 Å². The summed E-state index contributed by atoms with van der Waals surface area (Å²) in [5.74, 6) is 0.467. The lowest BCUT2D eigenvalue weighted by atomic mass is 10.1. The molecule has 0 fully saturated rings. The van der Waals surface area contributed by atoms with Crippen LogP contribution in [0.15, 0.2) is 35.5 Å². The largest absolute Gasteiger partial charge is 0.507 e. The number of phenols is 1. The predicted octanol–water partition coefficient (Wildman–Crippen LogP) is 1.89. The van der Waals surface area contributed by atoms with E-state index in [1.165, 1.54) is 12.4 Å². The van der Waals surface area contributed by atoms with Crippen molar-refractivity contribution in [1.29, 1.82) is 0 Å². The fraction of sp³-hybridized carbons (Fsp3) is 0.125. The number of H-pyrrole nitrogens is 1. The van der Waals surface area contributed by atoms with Crippen molar-refractivity contribution in [2.75, 3.05) is 0 Å². The van der Waals surface area contributed by atoms with Crippen molar-refractivity contribution >= 4 is 21.8 Å². The van der Waals surface area contributed by atoms with Crippen molar-refractivity contribution in [2.45, 2.75) is 6.92 Å². The molecule has 0 unspecified atom stereocenters. The highest BCUT2D eigenvalue weighted by Gasteiger charge is 2.16. The zero-order chi connectivity index (χ0) is 16.1. The number of benzene rings is 1. The van der Waals surface area contributed by atoms with Gasteiger partial charge in [-0.05, 0) is 19.1 Å². The first kappa shape index (κ1) is 13.4. The fourth-order valence-corrected chi connectivity index (χ4v) is 2.71. The first-order chi connectivity index (χ1) is 11.0. The molecule has 0 radical (unpaired) electrons. The number of nitrogens with zero attached hydrogens (tertiary/aromatic N) is 4. The molecule has 2 N–H and O–H groups in total. The molecule has 0 aliphatic carbocycles. The molecule has 4 rings (SSSR count). The molecule has 7 nitrogen and oxygen atoms in total. The van der Waals surface area contributed by atoms with Crippen molar-refractivity contribution in [3.8, 4) is 17.1 Å². The summed E-state index contributed by atoms with van der Waals surface area (Å²) in [7, 11) is 1.83. The van der Waals surface area contributed by atoms with Crippen LogP contribution < -0.4 is 5.56 Å². The first-order valence-corrected chi connectivity index (χ1v) is 7.05. The maximum atomic E-state index is 11.7. The predicted molar refractivity (Wildman–Crippen MR) is 86.3 cm³/mol. The van der Waals surface area contributed by atoms with Gasteiger partial charge in [0.15, 0.2) is 5.82 Å². The Hall–Kier alpha value is -3.22. The number of hydrogen-bond donors (Lipinski definition) is 2. The Morgan fingerprint density at radius 3 is 3.00 bits per heavy atom. The summed E-state index contributed by atoms with van der Waals surface area (Å²) in [5, 5.41) is 16.1. The third kappa shape index (κ3) is 1.97. The number of nitrogens with one attached hydrogen (secondary N) is 1.